The molecule has 0 aromatic heterocycles. The van der Waals surface area contributed by atoms with Gasteiger partial charge in [0.1, 0.15) is 11.9 Å². The number of carbonyl (C=O) groups is 1. The third kappa shape index (κ3) is 5.36. The lowest BCUT2D eigenvalue weighted by molar-refractivity contribution is -0.121. The summed E-state index contributed by atoms with van der Waals surface area (Å²) in [6, 6.07) is 5.98. The second-order valence-corrected chi connectivity index (χ2v) is 3.83. The molecule has 0 aliphatic rings. The second kappa shape index (κ2) is 8.06. The number of benzene rings is 1. The summed E-state index contributed by atoms with van der Waals surface area (Å²) >= 11 is 0. The van der Waals surface area contributed by atoms with Gasteiger partial charge >= 0.3 is 0 Å². The summed E-state index contributed by atoms with van der Waals surface area (Å²) < 4.78 is 18.1. The lowest BCUT2D eigenvalue weighted by Gasteiger charge is -2.07. The number of halogens is 1. The van der Waals surface area contributed by atoms with Gasteiger partial charge < -0.3 is 15.4 Å². The lowest BCUT2D eigenvalue weighted by Crippen LogP contribution is -2.28. The maximum atomic E-state index is 13.3. The van der Waals surface area contributed by atoms with E-state index in [1.165, 1.54) is 12.1 Å². The average Bonchev–Trinajstić information content (AvgIpc) is 2.39. The van der Waals surface area contributed by atoms with E-state index in [4.69, 9.17) is 10.00 Å². The summed E-state index contributed by atoms with van der Waals surface area (Å²) in [6.45, 7) is 1.34. The summed E-state index contributed by atoms with van der Waals surface area (Å²) in [5.74, 6) is -0.671. The Kier molecular flexibility index (Phi) is 6.33. The third-order valence-electron chi connectivity index (χ3n) is 2.40. The van der Waals surface area contributed by atoms with Crippen LogP contribution in [0.4, 0.5) is 10.1 Å². The van der Waals surface area contributed by atoms with Crippen LogP contribution in [0.5, 0.6) is 0 Å². The van der Waals surface area contributed by atoms with E-state index >= 15 is 0 Å². The molecule has 2 N–H and O–H groups in total. The fourth-order valence-corrected chi connectivity index (χ4v) is 1.42. The summed E-state index contributed by atoms with van der Waals surface area (Å²) in [5, 5.41) is 14.2. The van der Waals surface area contributed by atoms with Crippen molar-refractivity contribution in [3.05, 3.63) is 29.6 Å². The first kappa shape index (κ1) is 14.9. The number of amides is 1. The van der Waals surface area contributed by atoms with Gasteiger partial charge in [0, 0.05) is 32.3 Å². The zero-order valence-electron chi connectivity index (χ0n) is 10.7. The van der Waals surface area contributed by atoms with Crippen molar-refractivity contribution < 1.29 is 13.9 Å². The largest absolute Gasteiger partial charge is 0.384 e. The highest BCUT2D eigenvalue weighted by atomic mass is 19.1. The van der Waals surface area contributed by atoms with Crippen molar-refractivity contribution in [2.24, 2.45) is 0 Å². The van der Waals surface area contributed by atoms with Gasteiger partial charge in [0.25, 0.3) is 0 Å². The number of rotatable bonds is 7. The van der Waals surface area contributed by atoms with Crippen LogP contribution in [0.3, 0.4) is 0 Å². The van der Waals surface area contributed by atoms with Crippen molar-refractivity contribution in [2.75, 3.05) is 32.1 Å². The molecule has 0 aliphatic carbocycles. The predicted molar refractivity (Wildman–Crippen MR) is 69.1 cm³/mol. The standard InChI is InChI=1S/C13H16FN3O2/c1-19-7-6-17-13(18)4-5-16-11-3-2-10(9-15)12(14)8-11/h2-3,8,16H,4-7H2,1H3,(H,17,18). The molecule has 19 heavy (non-hydrogen) atoms. The Morgan fingerprint density at radius 3 is 2.89 bits per heavy atom. The lowest BCUT2D eigenvalue weighted by atomic mass is 10.2. The number of carbonyl (C=O) groups excluding carboxylic acids is 1. The van der Waals surface area contributed by atoms with Crippen molar-refractivity contribution in [2.45, 2.75) is 6.42 Å². The molecule has 1 rings (SSSR count). The second-order valence-electron chi connectivity index (χ2n) is 3.83. The van der Waals surface area contributed by atoms with Crippen molar-refractivity contribution in [3.63, 3.8) is 0 Å². The van der Waals surface area contributed by atoms with E-state index in [0.29, 0.717) is 25.4 Å². The highest BCUT2D eigenvalue weighted by Crippen LogP contribution is 2.13. The van der Waals surface area contributed by atoms with Crippen LogP contribution in [0.2, 0.25) is 0 Å². The van der Waals surface area contributed by atoms with Gasteiger partial charge in [0.05, 0.1) is 12.2 Å². The SMILES string of the molecule is COCCNC(=O)CCNc1ccc(C#N)c(F)c1. The summed E-state index contributed by atoms with van der Waals surface area (Å²) in [5.41, 5.74) is 0.545. The maximum absolute atomic E-state index is 13.3. The smallest absolute Gasteiger partial charge is 0.221 e. The number of hydrogen-bond acceptors (Lipinski definition) is 4. The van der Waals surface area contributed by atoms with Crippen LogP contribution in [0.15, 0.2) is 18.2 Å². The number of methoxy groups -OCH3 is 1. The van der Waals surface area contributed by atoms with Gasteiger partial charge in [-0.3, -0.25) is 4.79 Å². The monoisotopic (exact) mass is 265 g/mol. The Morgan fingerprint density at radius 1 is 1.47 bits per heavy atom. The zero-order chi connectivity index (χ0) is 14.1. The number of ether oxygens (including phenoxy) is 1. The Balaban J connectivity index is 2.31. The highest BCUT2D eigenvalue weighted by molar-refractivity contribution is 5.76. The van der Waals surface area contributed by atoms with E-state index in [1.54, 1.807) is 19.2 Å². The molecule has 0 saturated carbocycles. The predicted octanol–water partition coefficient (Wildman–Crippen LogP) is 1.26. The minimum atomic E-state index is -0.572. The minimum absolute atomic E-state index is 0.00265. The van der Waals surface area contributed by atoms with Crippen molar-refractivity contribution >= 4 is 11.6 Å². The van der Waals surface area contributed by atoms with Crippen LogP contribution in [-0.4, -0.2) is 32.7 Å². The highest BCUT2D eigenvalue weighted by Gasteiger charge is 2.03. The molecule has 102 valence electrons. The molecule has 0 bridgehead atoms. The van der Waals surface area contributed by atoms with Crippen LogP contribution in [0, 0.1) is 17.1 Å². The number of hydrogen-bond donors (Lipinski definition) is 2. The van der Waals surface area contributed by atoms with Crippen molar-refractivity contribution in [1.29, 1.82) is 5.26 Å². The Bertz CT molecular complexity index is 471. The Morgan fingerprint density at radius 2 is 2.26 bits per heavy atom. The molecule has 0 unspecified atom stereocenters. The van der Waals surface area contributed by atoms with E-state index in [0.717, 1.165) is 0 Å². The molecule has 0 fully saturated rings. The molecule has 0 saturated heterocycles. The van der Waals surface area contributed by atoms with Gasteiger partial charge in [-0.05, 0) is 18.2 Å². The first-order valence-corrected chi connectivity index (χ1v) is 5.86. The van der Waals surface area contributed by atoms with E-state index in [1.807, 2.05) is 0 Å². The Labute approximate surface area is 111 Å². The molecule has 0 radical (unpaired) electrons. The van der Waals surface area contributed by atoms with Crippen molar-refractivity contribution in [1.82, 2.24) is 5.32 Å². The van der Waals surface area contributed by atoms with Crippen LogP contribution in [-0.2, 0) is 9.53 Å². The molecule has 0 spiro atoms. The molecule has 1 aromatic carbocycles. The number of nitrogens with zero attached hydrogens (tertiary/aromatic N) is 1. The zero-order valence-corrected chi connectivity index (χ0v) is 10.7. The maximum Gasteiger partial charge on any atom is 0.221 e. The molecule has 1 aromatic rings. The molecular weight excluding hydrogens is 249 g/mol. The molecular formula is C13H16FN3O2. The van der Waals surface area contributed by atoms with Crippen LogP contribution >= 0.6 is 0 Å². The molecule has 1 amide bonds. The number of nitrogens with one attached hydrogen (secondary N) is 2. The normalized spacial score (nSPS) is 9.74. The molecule has 6 heteroatoms. The quantitative estimate of drug-likeness (QED) is 0.728. The van der Waals surface area contributed by atoms with Gasteiger partial charge in [-0.2, -0.15) is 5.26 Å². The van der Waals surface area contributed by atoms with Crippen LogP contribution in [0.25, 0.3) is 0 Å². The van der Waals surface area contributed by atoms with E-state index in [9.17, 15) is 9.18 Å². The van der Waals surface area contributed by atoms with E-state index < -0.39 is 5.82 Å². The average molecular weight is 265 g/mol. The van der Waals surface area contributed by atoms with Gasteiger partial charge in [-0.25, -0.2) is 4.39 Å². The third-order valence-corrected chi connectivity index (χ3v) is 2.40. The molecule has 5 nitrogen and oxygen atoms in total. The number of anilines is 1. The van der Waals surface area contributed by atoms with E-state index in [-0.39, 0.29) is 17.9 Å². The summed E-state index contributed by atoms with van der Waals surface area (Å²) in [7, 11) is 1.56. The van der Waals surface area contributed by atoms with Crippen LogP contribution < -0.4 is 10.6 Å². The topological polar surface area (TPSA) is 74.2 Å². The molecule has 0 heterocycles. The first-order valence-electron chi connectivity index (χ1n) is 5.86. The minimum Gasteiger partial charge on any atom is -0.384 e. The fraction of sp³-hybridized carbons (Fsp3) is 0.385. The van der Waals surface area contributed by atoms with Gasteiger partial charge in [-0.1, -0.05) is 0 Å². The van der Waals surface area contributed by atoms with Crippen LogP contribution in [0.1, 0.15) is 12.0 Å². The molecule has 0 aliphatic heterocycles. The Hall–Kier alpha value is -2.13. The molecule has 0 atom stereocenters. The van der Waals surface area contributed by atoms with Gasteiger partial charge in [0.2, 0.25) is 5.91 Å². The first-order chi connectivity index (χ1) is 9.17. The van der Waals surface area contributed by atoms with E-state index in [2.05, 4.69) is 10.6 Å². The summed E-state index contributed by atoms with van der Waals surface area (Å²) in [6.07, 6.45) is 0.283. The van der Waals surface area contributed by atoms with Crippen molar-refractivity contribution in [3.8, 4) is 6.07 Å². The summed E-state index contributed by atoms with van der Waals surface area (Å²) in [4.78, 5) is 11.4. The van der Waals surface area contributed by atoms with Gasteiger partial charge in [-0.15, -0.1) is 0 Å². The van der Waals surface area contributed by atoms with Gasteiger partial charge in [0.15, 0.2) is 0 Å². The number of nitriles is 1. The fourth-order valence-electron chi connectivity index (χ4n) is 1.42.